The number of nitrogens with one attached hydrogen (secondary N) is 1. The van der Waals surface area contributed by atoms with E-state index in [0.29, 0.717) is 6.04 Å². The summed E-state index contributed by atoms with van der Waals surface area (Å²) >= 11 is 5.55. The molecule has 0 aromatic carbocycles. The van der Waals surface area contributed by atoms with Gasteiger partial charge in [0.25, 0.3) is 0 Å². The van der Waals surface area contributed by atoms with Crippen molar-refractivity contribution >= 4 is 17.3 Å². The highest BCUT2D eigenvalue weighted by Gasteiger charge is 2.24. The zero-order valence-corrected chi connectivity index (χ0v) is 11.9. The lowest BCUT2D eigenvalue weighted by Gasteiger charge is -2.28. The van der Waals surface area contributed by atoms with E-state index in [4.69, 9.17) is 12.2 Å². The molecule has 0 aromatic rings. The van der Waals surface area contributed by atoms with Crippen LogP contribution in [0.5, 0.6) is 0 Å². The van der Waals surface area contributed by atoms with Gasteiger partial charge < -0.3 is 10.2 Å². The van der Waals surface area contributed by atoms with Crippen LogP contribution in [-0.4, -0.2) is 29.1 Å². The van der Waals surface area contributed by atoms with Gasteiger partial charge in [0.05, 0.1) is 0 Å². The third kappa shape index (κ3) is 3.84. The molecule has 1 heterocycles. The fraction of sp³-hybridized carbons (Fsp3) is 0.929. The van der Waals surface area contributed by atoms with Gasteiger partial charge in [-0.05, 0) is 43.8 Å². The molecule has 2 nitrogen and oxygen atoms in total. The summed E-state index contributed by atoms with van der Waals surface area (Å²) in [4.78, 5) is 2.39. The van der Waals surface area contributed by atoms with Crippen molar-refractivity contribution < 1.29 is 0 Å². The van der Waals surface area contributed by atoms with Crippen LogP contribution in [0.4, 0.5) is 0 Å². The lowest BCUT2D eigenvalue weighted by atomic mass is 9.96. The van der Waals surface area contributed by atoms with E-state index in [1.54, 1.807) is 0 Å². The van der Waals surface area contributed by atoms with Gasteiger partial charge in [0, 0.05) is 19.1 Å². The molecule has 0 spiro atoms. The predicted octanol–water partition coefficient (Wildman–Crippen LogP) is 3.32. The van der Waals surface area contributed by atoms with Crippen molar-refractivity contribution in [3.05, 3.63) is 0 Å². The summed E-state index contributed by atoms with van der Waals surface area (Å²) in [5.41, 5.74) is 0. The molecule has 1 atom stereocenters. The lowest BCUT2D eigenvalue weighted by molar-refractivity contribution is 0.389. The lowest BCUT2D eigenvalue weighted by Crippen LogP contribution is -2.44. The molecule has 1 aliphatic heterocycles. The highest BCUT2D eigenvalue weighted by molar-refractivity contribution is 7.80. The Morgan fingerprint density at radius 3 is 2.71 bits per heavy atom. The van der Waals surface area contributed by atoms with Crippen molar-refractivity contribution in [2.75, 3.05) is 13.1 Å². The molecule has 0 radical (unpaired) electrons. The number of hydrogen-bond donors (Lipinski definition) is 1. The average Bonchev–Trinajstić information content (AvgIpc) is 2.79. The molecule has 1 N–H and O–H groups in total. The number of thiocarbonyl (C=S) groups is 1. The summed E-state index contributed by atoms with van der Waals surface area (Å²) in [7, 11) is 0. The van der Waals surface area contributed by atoms with E-state index in [2.05, 4.69) is 17.1 Å². The quantitative estimate of drug-likeness (QED) is 0.778. The number of hydrogen-bond acceptors (Lipinski definition) is 1. The minimum atomic E-state index is 0.654. The monoisotopic (exact) mass is 254 g/mol. The molecule has 2 fully saturated rings. The summed E-state index contributed by atoms with van der Waals surface area (Å²) in [5.74, 6) is 0.881. The van der Waals surface area contributed by atoms with E-state index in [9.17, 15) is 0 Å². The van der Waals surface area contributed by atoms with E-state index < -0.39 is 0 Å². The van der Waals surface area contributed by atoms with Crippen LogP contribution in [0.25, 0.3) is 0 Å². The topological polar surface area (TPSA) is 15.3 Å². The maximum absolute atomic E-state index is 5.55. The van der Waals surface area contributed by atoms with Gasteiger partial charge in [-0.2, -0.15) is 0 Å². The summed E-state index contributed by atoms with van der Waals surface area (Å²) in [5, 5.41) is 4.60. The largest absolute Gasteiger partial charge is 0.360 e. The van der Waals surface area contributed by atoms with Crippen molar-refractivity contribution in [1.29, 1.82) is 0 Å². The van der Waals surface area contributed by atoms with Crippen LogP contribution in [0, 0.1) is 5.92 Å². The Morgan fingerprint density at radius 1 is 1.24 bits per heavy atom. The molecule has 0 amide bonds. The summed E-state index contributed by atoms with van der Waals surface area (Å²) in [6, 6.07) is 0.654. The molecule has 0 bridgehead atoms. The Kier molecular flexibility index (Phi) is 5.08. The first-order valence-electron chi connectivity index (χ1n) is 7.35. The van der Waals surface area contributed by atoms with E-state index in [1.807, 2.05) is 0 Å². The Bertz CT molecular complexity index is 249. The zero-order valence-electron chi connectivity index (χ0n) is 11.1. The molecule has 17 heavy (non-hydrogen) atoms. The van der Waals surface area contributed by atoms with Crippen molar-refractivity contribution in [3.8, 4) is 0 Å². The first-order chi connectivity index (χ1) is 8.29. The van der Waals surface area contributed by atoms with Crippen molar-refractivity contribution in [1.82, 2.24) is 10.2 Å². The van der Waals surface area contributed by atoms with Crippen LogP contribution in [-0.2, 0) is 0 Å². The average molecular weight is 254 g/mol. The molecule has 1 aliphatic carbocycles. The fourth-order valence-electron chi connectivity index (χ4n) is 3.17. The smallest absolute Gasteiger partial charge is 0.169 e. The minimum Gasteiger partial charge on any atom is -0.360 e. The van der Waals surface area contributed by atoms with Crippen LogP contribution in [0.1, 0.15) is 58.3 Å². The van der Waals surface area contributed by atoms with Crippen molar-refractivity contribution in [2.45, 2.75) is 64.3 Å². The first-order valence-corrected chi connectivity index (χ1v) is 7.76. The van der Waals surface area contributed by atoms with Crippen molar-refractivity contribution in [2.24, 2.45) is 5.92 Å². The van der Waals surface area contributed by atoms with E-state index in [0.717, 1.165) is 11.0 Å². The number of rotatable bonds is 3. The van der Waals surface area contributed by atoms with E-state index in [1.165, 1.54) is 64.5 Å². The maximum atomic E-state index is 5.55. The SMILES string of the molecule is CCCC1CCN(C(=S)NC2CCCCC2)C1. The van der Waals surface area contributed by atoms with E-state index >= 15 is 0 Å². The second-order valence-electron chi connectivity index (χ2n) is 5.67. The highest BCUT2D eigenvalue weighted by Crippen LogP contribution is 2.22. The molecule has 1 unspecified atom stereocenters. The third-order valence-corrected chi connectivity index (χ3v) is 4.58. The van der Waals surface area contributed by atoms with E-state index in [-0.39, 0.29) is 0 Å². The first kappa shape index (κ1) is 13.1. The highest BCUT2D eigenvalue weighted by atomic mass is 32.1. The van der Waals surface area contributed by atoms with Gasteiger partial charge in [-0.25, -0.2) is 0 Å². The van der Waals surface area contributed by atoms with Crippen LogP contribution in [0.15, 0.2) is 0 Å². The van der Waals surface area contributed by atoms with Crippen LogP contribution in [0.3, 0.4) is 0 Å². The second kappa shape index (κ2) is 6.58. The summed E-state index contributed by atoms with van der Waals surface area (Å²) in [6.07, 6.45) is 10.8. The molecule has 0 aromatic heterocycles. The molecule has 2 rings (SSSR count). The van der Waals surface area contributed by atoms with Crippen LogP contribution < -0.4 is 5.32 Å². The number of likely N-dealkylation sites (tertiary alicyclic amines) is 1. The number of nitrogens with zero attached hydrogens (tertiary/aromatic N) is 1. The maximum Gasteiger partial charge on any atom is 0.169 e. The van der Waals surface area contributed by atoms with Gasteiger partial charge in [0.15, 0.2) is 5.11 Å². The Balaban J connectivity index is 1.72. The van der Waals surface area contributed by atoms with Crippen LogP contribution in [0.2, 0.25) is 0 Å². The van der Waals surface area contributed by atoms with Gasteiger partial charge in [-0.3, -0.25) is 0 Å². The Hall–Kier alpha value is -0.310. The summed E-state index contributed by atoms with van der Waals surface area (Å²) < 4.78 is 0. The molecule has 3 heteroatoms. The van der Waals surface area contributed by atoms with Gasteiger partial charge in [0.1, 0.15) is 0 Å². The van der Waals surface area contributed by atoms with Crippen molar-refractivity contribution in [3.63, 3.8) is 0 Å². The second-order valence-corrected chi connectivity index (χ2v) is 6.06. The van der Waals surface area contributed by atoms with Gasteiger partial charge in [0.2, 0.25) is 0 Å². The van der Waals surface area contributed by atoms with Gasteiger partial charge >= 0.3 is 0 Å². The molecule has 1 saturated carbocycles. The minimum absolute atomic E-state index is 0.654. The molecular formula is C14H26N2S. The van der Waals surface area contributed by atoms with Gasteiger partial charge in [-0.15, -0.1) is 0 Å². The Labute approximate surface area is 111 Å². The molecule has 98 valence electrons. The van der Waals surface area contributed by atoms with Crippen LogP contribution >= 0.6 is 12.2 Å². The normalized spacial score (nSPS) is 26.2. The molecule has 1 saturated heterocycles. The predicted molar refractivity (Wildman–Crippen MR) is 77.2 cm³/mol. The summed E-state index contributed by atoms with van der Waals surface area (Å²) in [6.45, 7) is 4.64. The Morgan fingerprint density at radius 2 is 2.00 bits per heavy atom. The zero-order chi connectivity index (χ0) is 12.1. The molecular weight excluding hydrogens is 228 g/mol. The van der Waals surface area contributed by atoms with Gasteiger partial charge in [-0.1, -0.05) is 32.6 Å². The molecule has 2 aliphatic rings. The third-order valence-electron chi connectivity index (χ3n) is 4.20. The fourth-order valence-corrected chi connectivity index (χ4v) is 3.51. The standard InChI is InChI=1S/C14H26N2S/c1-2-6-12-9-10-16(11-12)14(17)15-13-7-4-3-5-8-13/h12-13H,2-11H2,1H3,(H,15,17).